The minimum atomic E-state index is -0.485. The molecule has 3 rings (SSSR count). The fourth-order valence-electron chi connectivity index (χ4n) is 1.92. The Kier molecular flexibility index (Phi) is 5.07. The Bertz CT molecular complexity index is 815. The van der Waals surface area contributed by atoms with Crippen molar-refractivity contribution >= 4 is 23.1 Å². The predicted octanol–water partition coefficient (Wildman–Crippen LogP) is 2.90. The van der Waals surface area contributed by atoms with E-state index in [1.165, 1.54) is 11.3 Å². The fourth-order valence-corrected chi connectivity index (χ4v) is 2.61. The molecular weight excluding hydrogens is 330 g/mol. The van der Waals surface area contributed by atoms with Crippen LogP contribution in [0.2, 0.25) is 0 Å². The zero-order valence-electron chi connectivity index (χ0n) is 12.5. The molecule has 0 unspecified atom stereocenters. The van der Waals surface area contributed by atoms with E-state index in [1.807, 2.05) is 5.38 Å². The molecule has 122 valence electrons. The maximum Gasteiger partial charge on any atom is 0.306 e. The Morgan fingerprint density at radius 3 is 2.88 bits per heavy atom. The van der Waals surface area contributed by atoms with Crippen LogP contribution in [0.5, 0.6) is 0 Å². The van der Waals surface area contributed by atoms with E-state index in [4.69, 9.17) is 9.26 Å². The average molecular weight is 343 g/mol. The van der Waals surface area contributed by atoms with E-state index in [0.29, 0.717) is 16.3 Å². The molecule has 0 spiro atoms. The minimum absolute atomic E-state index is 0.0142. The second-order valence-corrected chi connectivity index (χ2v) is 5.76. The molecule has 0 saturated carbocycles. The number of hydrogen-bond acceptors (Lipinski definition) is 8. The quantitative estimate of drug-likeness (QED) is 0.481. The van der Waals surface area contributed by atoms with Crippen LogP contribution in [0.3, 0.4) is 0 Å². The van der Waals surface area contributed by atoms with Crippen LogP contribution in [0.1, 0.15) is 28.4 Å². The van der Waals surface area contributed by atoms with E-state index in [2.05, 4.69) is 15.1 Å². The third kappa shape index (κ3) is 4.11. The van der Waals surface area contributed by atoms with Gasteiger partial charge in [0.2, 0.25) is 5.82 Å². The largest absolute Gasteiger partial charge is 0.456 e. The van der Waals surface area contributed by atoms with Gasteiger partial charge < -0.3 is 9.26 Å². The number of hydrogen-bond donors (Lipinski definition) is 0. The molecule has 8 heteroatoms. The Balaban J connectivity index is 1.46. The van der Waals surface area contributed by atoms with Crippen molar-refractivity contribution in [3.05, 3.63) is 52.8 Å². The van der Waals surface area contributed by atoms with Gasteiger partial charge in [-0.05, 0) is 23.6 Å². The van der Waals surface area contributed by atoms with E-state index in [9.17, 15) is 9.59 Å². The van der Waals surface area contributed by atoms with Gasteiger partial charge in [0.25, 0.3) is 5.89 Å². The molecule has 0 aromatic carbocycles. The molecule has 0 amide bonds. The molecule has 3 aromatic heterocycles. The second kappa shape index (κ2) is 7.60. The zero-order valence-corrected chi connectivity index (χ0v) is 13.4. The molecule has 3 heterocycles. The van der Waals surface area contributed by atoms with Gasteiger partial charge in [-0.3, -0.25) is 14.6 Å². The fraction of sp³-hybridized carbons (Fsp3) is 0.188. The summed E-state index contributed by atoms with van der Waals surface area (Å²) in [5.41, 5.74) is 0.709. The van der Waals surface area contributed by atoms with E-state index in [0.717, 1.165) is 0 Å². The molecule has 0 aliphatic heterocycles. The second-order valence-electron chi connectivity index (χ2n) is 4.81. The number of nitrogens with zero attached hydrogens (tertiary/aromatic N) is 3. The van der Waals surface area contributed by atoms with Crippen LogP contribution >= 0.6 is 11.3 Å². The standard InChI is InChI=1S/C16H13N3O4S/c20-12(13-4-2-8-24-13)5-6-15(21)22-10-14-18-16(19-23-14)11-3-1-7-17-9-11/h1-4,7-9H,5-6,10H2. The summed E-state index contributed by atoms with van der Waals surface area (Å²) in [6.45, 7) is -0.126. The summed E-state index contributed by atoms with van der Waals surface area (Å²) >= 11 is 1.35. The van der Waals surface area contributed by atoms with Gasteiger partial charge in [-0.2, -0.15) is 4.98 Å². The van der Waals surface area contributed by atoms with Crippen molar-refractivity contribution in [2.45, 2.75) is 19.4 Å². The van der Waals surface area contributed by atoms with Crippen LogP contribution in [-0.2, 0) is 16.1 Å². The minimum Gasteiger partial charge on any atom is -0.456 e. The molecule has 3 aromatic rings. The topological polar surface area (TPSA) is 95.2 Å². The number of ether oxygens (including phenoxy) is 1. The van der Waals surface area contributed by atoms with Gasteiger partial charge in [0.1, 0.15) is 0 Å². The lowest BCUT2D eigenvalue weighted by molar-refractivity contribution is -0.145. The molecule has 0 aliphatic rings. The number of esters is 1. The monoisotopic (exact) mass is 343 g/mol. The van der Waals surface area contributed by atoms with Crippen LogP contribution in [0.25, 0.3) is 11.4 Å². The van der Waals surface area contributed by atoms with Crippen molar-refractivity contribution < 1.29 is 18.8 Å². The molecular formula is C16H13N3O4S. The molecule has 0 N–H and O–H groups in total. The molecule has 0 fully saturated rings. The number of thiophene rings is 1. The van der Waals surface area contributed by atoms with Gasteiger partial charge >= 0.3 is 5.97 Å². The van der Waals surface area contributed by atoms with Gasteiger partial charge in [-0.1, -0.05) is 11.2 Å². The molecule has 7 nitrogen and oxygen atoms in total. The maximum absolute atomic E-state index is 11.8. The zero-order chi connectivity index (χ0) is 16.8. The number of ketones is 1. The van der Waals surface area contributed by atoms with Crippen LogP contribution in [0.15, 0.2) is 46.6 Å². The summed E-state index contributed by atoms with van der Waals surface area (Å²) < 4.78 is 10.1. The Labute approximate surface area is 141 Å². The number of Topliss-reactive ketones (excluding diaryl/α,β-unsaturated/α-hetero) is 1. The Hall–Kier alpha value is -2.87. The van der Waals surface area contributed by atoms with E-state index < -0.39 is 5.97 Å². The summed E-state index contributed by atoms with van der Waals surface area (Å²) in [7, 11) is 0. The van der Waals surface area contributed by atoms with Gasteiger partial charge in [-0.15, -0.1) is 11.3 Å². The SMILES string of the molecule is O=C(CCC(=O)c1cccs1)OCc1nc(-c2cccnc2)no1. The first-order chi connectivity index (χ1) is 11.7. The van der Waals surface area contributed by atoms with Gasteiger partial charge in [0.15, 0.2) is 12.4 Å². The Morgan fingerprint density at radius 2 is 2.12 bits per heavy atom. The van der Waals surface area contributed by atoms with Crippen molar-refractivity contribution in [2.75, 3.05) is 0 Å². The van der Waals surface area contributed by atoms with Gasteiger partial charge in [0, 0.05) is 24.4 Å². The smallest absolute Gasteiger partial charge is 0.306 e. The van der Waals surface area contributed by atoms with Gasteiger partial charge in [-0.25, -0.2) is 0 Å². The first-order valence-corrected chi connectivity index (χ1v) is 8.05. The van der Waals surface area contributed by atoms with Crippen LogP contribution < -0.4 is 0 Å². The third-order valence-corrected chi connectivity index (χ3v) is 4.01. The summed E-state index contributed by atoms with van der Waals surface area (Å²) in [5, 5.41) is 5.62. The lowest BCUT2D eigenvalue weighted by Crippen LogP contribution is -2.07. The first kappa shape index (κ1) is 16.0. The van der Waals surface area contributed by atoms with E-state index >= 15 is 0 Å². The van der Waals surface area contributed by atoms with Crippen molar-refractivity contribution in [3.63, 3.8) is 0 Å². The highest BCUT2D eigenvalue weighted by Gasteiger charge is 2.13. The van der Waals surface area contributed by atoms with Crippen LogP contribution in [0, 0.1) is 0 Å². The first-order valence-electron chi connectivity index (χ1n) is 7.17. The number of aromatic nitrogens is 3. The number of carbonyl (C=O) groups excluding carboxylic acids is 2. The van der Waals surface area contributed by atoms with Crippen molar-refractivity contribution in [2.24, 2.45) is 0 Å². The van der Waals surface area contributed by atoms with Gasteiger partial charge in [0.05, 0.1) is 11.3 Å². The number of rotatable bonds is 7. The normalized spacial score (nSPS) is 10.5. The molecule has 0 bridgehead atoms. The third-order valence-electron chi connectivity index (χ3n) is 3.10. The predicted molar refractivity (Wildman–Crippen MR) is 85.2 cm³/mol. The summed E-state index contributed by atoms with van der Waals surface area (Å²) in [5.74, 6) is 0.00782. The van der Waals surface area contributed by atoms with Crippen LogP contribution in [-0.4, -0.2) is 26.9 Å². The number of pyridine rings is 1. The van der Waals surface area contributed by atoms with Crippen molar-refractivity contribution in [3.8, 4) is 11.4 Å². The lowest BCUT2D eigenvalue weighted by atomic mass is 10.2. The highest BCUT2D eigenvalue weighted by Crippen LogP contribution is 2.15. The van der Waals surface area contributed by atoms with Crippen LogP contribution in [0.4, 0.5) is 0 Å². The molecule has 24 heavy (non-hydrogen) atoms. The van der Waals surface area contributed by atoms with E-state index in [-0.39, 0.29) is 31.1 Å². The average Bonchev–Trinajstić information content (AvgIpc) is 3.30. The lowest BCUT2D eigenvalue weighted by Gasteiger charge is -2.00. The highest BCUT2D eigenvalue weighted by molar-refractivity contribution is 7.12. The summed E-state index contributed by atoms with van der Waals surface area (Å²) in [6.07, 6.45) is 3.38. The molecule has 0 radical (unpaired) electrons. The summed E-state index contributed by atoms with van der Waals surface area (Å²) in [4.78, 5) is 32.2. The molecule has 0 saturated heterocycles. The highest BCUT2D eigenvalue weighted by atomic mass is 32.1. The number of carbonyl (C=O) groups is 2. The van der Waals surface area contributed by atoms with E-state index in [1.54, 1.807) is 36.7 Å². The maximum atomic E-state index is 11.8. The molecule has 0 aliphatic carbocycles. The van der Waals surface area contributed by atoms with Crippen molar-refractivity contribution in [1.82, 2.24) is 15.1 Å². The van der Waals surface area contributed by atoms with Crippen molar-refractivity contribution in [1.29, 1.82) is 0 Å². The Morgan fingerprint density at radius 1 is 1.21 bits per heavy atom. The molecule has 0 atom stereocenters. The summed E-state index contributed by atoms with van der Waals surface area (Å²) in [6, 6.07) is 7.09.